The SMILES string of the molecule is CC(=O)c1cc(C(=O)NC2CCOC3(CCSC3)C2)ccc1C. The van der Waals surface area contributed by atoms with Crippen molar-refractivity contribution in [2.75, 3.05) is 18.1 Å². The third kappa shape index (κ3) is 3.61. The molecule has 2 fully saturated rings. The van der Waals surface area contributed by atoms with Crippen molar-refractivity contribution in [1.82, 2.24) is 5.32 Å². The number of thioether (sulfide) groups is 1. The summed E-state index contributed by atoms with van der Waals surface area (Å²) in [4.78, 5) is 24.2. The lowest BCUT2D eigenvalue weighted by molar-refractivity contribution is -0.0688. The van der Waals surface area contributed by atoms with Crippen LogP contribution in [0.1, 0.15) is 52.5 Å². The van der Waals surface area contributed by atoms with Crippen LogP contribution in [0.3, 0.4) is 0 Å². The predicted molar refractivity (Wildman–Crippen MR) is 92.3 cm³/mol. The molecule has 2 atom stereocenters. The zero-order chi connectivity index (χ0) is 16.4. The molecule has 124 valence electrons. The molecule has 1 amide bonds. The van der Waals surface area contributed by atoms with Gasteiger partial charge in [0.15, 0.2) is 5.78 Å². The van der Waals surface area contributed by atoms with Gasteiger partial charge in [0, 0.05) is 29.5 Å². The molecule has 3 rings (SSSR count). The van der Waals surface area contributed by atoms with E-state index in [1.165, 1.54) is 6.92 Å². The number of carbonyl (C=O) groups is 2. The number of hydrogen-bond acceptors (Lipinski definition) is 4. The molecule has 0 aliphatic carbocycles. The van der Waals surface area contributed by atoms with Crippen molar-refractivity contribution in [2.45, 2.75) is 44.8 Å². The minimum absolute atomic E-state index is 0.00912. The Bertz CT molecular complexity index is 623. The largest absolute Gasteiger partial charge is 0.374 e. The number of aryl methyl sites for hydroxylation is 1. The highest BCUT2D eigenvalue weighted by Crippen LogP contribution is 2.38. The summed E-state index contributed by atoms with van der Waals surface area (Å²) in [6.07, 6.45) is 2.81. The average molecular weight is 333 g/mol. The molecule has 2 aliphatic heterocycles. The number of amides is 1. The molecule has 2 unspecified atom stereocenters. The summed E-state index contributed by atoms with van der Waals surface area (Å²) in [6.45, 7) is 4.13. The van der Waals surface area contributed by atoms with E-state index in [-0.39, 0.29) is 23.3 Å². The fourth-order valence-electron chi connectivity index (χ4n) is 3.43. The van der Waals surface area contributed by atoms with Crippen molar-refractivity contribution in [2.24, 2.45) is 0 Å². The lowest BCUT2D eigenvalue weighted by atomic mass is 9.89. The molecule has 2 heterocycles. The highest BCUT2D eigenvalue weighted by molar-refractivity contribution is 7.99. The highest BCUT2D eigenvalue weighted by atomic mass is 32.2. The van der Waals surface area contributed by atoms with Gasteiger partial charge in [-0.3, -0.25) is 9.59 Å². The molecule has 5 heteroatoms. The van der Waals surface area contributed by atoms with E-state index in [1.807, 2.05) is 24.8 Å². The Labute approximate surface area is 141 Å². The maximum atomic E-state index is 12.5. The minimum atomic E-state index is -0.0970. The van der Waals surface area contributed by atoms with Gasteiger partial charge in [0.25, 0.3) is 5.91 Å². The third-order valence-corrected chi connectivity index (χ3v) is 6.00. The van der Waals surface area contributed by atoms with Crippen LogP contribution in [0.15, 0.2) is 18.2 Å². The van der Waals surface area contributed by atoms with Gasteiger partial charge in [0.1, 0.15) is 0 Å². The molecule has 0 bridgehead atoms. The van der Waals surface area contributed by atoms with Crippen molar-refractivity contribution >= 4 is 23.5 Å². The van der Waals surface area contributed by atoms with Gasteiger partial charge in [0.2, 0.25) is 0 Å². The number of hydrogen-bond donors (Lipinski definition) is 1. The molecule has 1 spiro atoms. The first-order valence-corrected chi connectivity index (χ1v) is 9.29. The predicted octanol–water partition coefficient (Wildman–Crippen LogP) is 2.98. The number of benzene rings is 1. The monoisotopic (exact) mass is 333 g/mol. The van der Waals surface area contributed by atoms with E-state index in [4.69, 9.17) is 4.74 Å². The standard InChI is InChI=1S/C18H23NO3S/c1-12-3-4-14(9-16(12)13(2)20)17(21)19-15-5-7-22-18(10-15)6-8-23-11-18/h3-4,9,15H,5-8,10-11H2,1-2H3,(H,19,21). The van der Waals surface area contributed by atoms with Crippen LogP contribution < -0.4 is 5.32 Å². The van der Waals surface area contributed by atoms with Crippen LogP contribution >= 0.6 is 11.8 Å². The van der Waals surface area contributed by atoms with Crippen LogP contribution in [0.5, 0.6) is 0 Å². The zero-order valence-corrected chi connectivity index (χ0v) is 14.5. The summed E-state index contributed by atoms with van der Waals surface area (Å²) in [6, 6.07) is 5.48. The number of ether oxygens (including phenoxy) is 1. The van der Waals surface area contributed by atoms with Crippen molar-refractivity contribution in [3.63, 3.8) is 0 Å². The number of carbonyl (C=O) groups excluding carboxylic acids is 2. The van der Waals surface area contributed by atoms with Gasteiger partial charge in [-0.05, 0) is 56.6 Å². The number of nitrogens with one attached hydrogen (secondary N) is 1. The molecule has 23 heavy (non-hydrogen) atoms. The van der Waals surface area contributed by atoms with Gasteiger partial charge in [-0.2, -0.15) is 11.8 Å². The molecular formula is C18H23NO3S. The second-order valence-corrected chi connectivity index (χ2v) is 7.69. The Morgan fingerprint density at radius 1 is 1.39 bits per heavy atom. The molecule has 2 aliphatic rings. The summed E-state index contributed by atoms with van der Waals surface area (Å²) >= 11 is 1.93. The molecular weight excluding hydrogens is 310 g/mol. The molecule has 2 saturated heterocycles. The van der Waals surface area contributed by atoms with Gasteiger partial charge in [-0.25, -0.2) is 0 Å². The molecule has 0 saturated carbocycles. The summed E-state index contributed by atoms with van der Waals surface area (Å²) in [5.41, 5.74) is 2.04. The number of ketones is 1. The first-order valence-electron chi connectivity index (χ1n) is 8.13. The van der Waals surface area contributed by atoms with E-state index in [9.17, 15) is 9.59 Å². The van der Waals surface area contributed by atoms with Crippen LogP contribution in [-0.2, 0) is 4.74 Å². The third-order valence-electron chi connectivity index (χ3n) is 4.77. The Hall–Kier alpha value is -1.33. The maximum absolute atomic E-state index is 12.5. The molecule has 1 N–H and O–H groups in total. The Balaban J connectivity index is 1.69. The van der Waals surface area contributed by atoms with Gasteiger partial charge in [-0.1, -0.05) is 6.07 Å². The van der Waals surface area contributed by atoms with Gasteiger partial charge >= 0.3 is 0 Å². The van der Waals surface area contributed by atoms with Crippen LogP contribution in [0.4, 0.5) is 0 Å². The number of rotatable bonds is 3. The van der Waals surface area contributed by atoms with E-state index >= 15 is 0 Å². The lowest BCUT2D eigenvalue weighted by Crippen LogP contribution is -2.48. The fourth-order valence-corrected chi connectivity index (χ4v) is 4.80. The second kappa shape index (κ2) is 6.65. The highest BCUT2D eigenvalue weighted by Gasteiger charge is 2.40. The summed E-state index contributed by atoms with van der Waals surface area (Å²) in [7, 11) is 0. The van der Waals surface area contributed by atoms with Crippen LogP contribution in [0, 0.1) is 6.92 Å². The topological polar surface area (TPSA) is 55.4 Å². The average Bonchev–Trinajstić information content (AvgIpc) is 2.95. The lowest BCUT2D eigenvalue weighted by Gasteiger charge is -2.38. The summed E-state index contributed by atoms with van der Waals surface area (Å²) < 4.78 is 5.99. The van der Waals surface area contributed by atoms with Crippen LogP contribution in [-0.4, -0.2) is 41.4 Å². The van der Waals surface area contributed by atoms with Gasteiger partial charge in [0.05, 0.1) is 5.60 Å². The maximum Gasteiger partial charge on any atom is 0.251 e. The van der Waals surface area contributed by atoms with E-state index in [0.717, 1.165) is 36.3 Å². The van der Waals surface area contributed by atoms with Crippen molar-refractivity contribution in [1.29, 1.82) is 0 Å². The van der Waals surface area contributed by atoms with E-state index < -0.39 is 0 Å². The first kappa shape index (κ1) is 16.5. The first-order chi connectivity index (χ1) is 11.0. The summed E-state index contributed by atoms with van der Waals surface area (Å²) in [5, 5.41) is 3.13. The summed E-state index contributed by atoms with van der Waals surface area (Å²) in [5.74, 6) is 2.06. The van der Waals surface area contributed by atoms with Crippen molar-refractivity contribution < 1.29 is 14.3 Å². The molecule has 0 radical (unpaired) electrons. The Morgan fingerprint density at radius 2 is 2.22 bits per heavy atom. The Kier molecular flexibility index (Phi) is 4.78. The normalized spacial score (nSPS) is 27.1. The van der Waals surface area contributed by atoms with Crippen LogP contribution in [0.2, 0.25) is 0 Å². The fraction of sp³-hybridized carbons (Fsp3) is 0.556. The second-order valence-electron chi connectivity index (χ2n) is 6.58. The molecule has 1 aromatic rings. The van der Waals surface area contributed by atoms with E-state index in [1.54, 1.807) is 12.1 Å². The van der Waals surface area contributed by atoms with E-state index in [0.29, 0.717) is 17.7 Å². The van der Waals surface area contributed by atoms with Crippen LogP contribution in [0.25, 0.3) is 0 Å². The molecule has 0 aromatic heterocycles. The molecule has 4 nitrogen and oxygen atoms in total. The molecule has 1 aromatic carbocycles. The van der Waals surface area contributed by atoms with Crippen molar-refractivity contribution in [3.05, 3.63) is 34.9 Å². The smallest absolute Gasteiger partial charge is 0.251 e. The zero-order valence-electron chi connectivity index (χ0n) is 13.7. The quantitative estimate of drug-likeness (QED) is 0.864. The number of Topliss-reactive ketones (excluding diaryl/α,β-unsaturated/α-hetero) is 1. The van der Waals surface area contributed by atoms with Gasteiger partial charge in [-0.15, -0.1) is 0 Å². The van der Waals surface area contributed by atoms with E-state index in [2.05, 4.69) is 5.32 Å². The Morgan fingerprint density at radius 3 is 2.91 bits per heavy atom. The van der Waals surface area contributed by atoms with Crippen molar-refractivity contribution in [3.8, 4) is 0 Å². The van der Waals surface area contributed by atoms with Gasteiger partial charge < -0.3 is 10.1 Å². The minimum Gasteiger partial charge on any atom is -0.374 e.